The molecule has 0 N–H and O–H groups in total. The minimum absolute atomic E-state index is 0.0288. The van der Waals surface area contributed by atoms with E-state index in [-0.39, 0.29) is 28.1 Å². The molecule has 0 atom stereocenters. The summed E-state index contributed by atoms with van der Waals surface area (Å²) in [6.45, 7) is -0.0288. The summed E-state index contributed by atoms with van der Waals surface area (Å²) in [7, 11) is 0. The number of anilines is 1. The Morgan fingerprint density at radius 3 is 2.33 bits per heavy atom. The molecule has 1 aromatic carbocycles. The first-order valence-electron chi connectivity index (χ1n) is 9.22. The van der Waals surface area contributed by atoms with Crippen molar-refractivity contribution in [3.63, 3.8) is 0 Å². The molecule has 27 heavy (non-hydrogen) atoms. The standard InChI is InChI=1S/C19H21F3NO3S/c20-19(21,22)27-23(25)16-3-1-2-12(7-16)11-26-17(24)18-8-13-4-14(9-18)6-15(5-13)10-18/h1-3,7,13-15H,4-6,8-11H2/q-1. The molecule has 0 amide bonds. The molecule has 4 aliphatic carbocycles. The van der Waals surface area contributed by atoms with Crippen LogP contribution in [0.1, 0.15) is 44.1 Å². The lowest BCUT2D eigenvalue weighted by Gasteiger charge is -2.55. The van der Waals surface area contributed by atoms with Gasteiger partial charge in [-0.15, -0.1) is 0 Å². The molecule has 0 radical (unpaired) electrons. The number of carbonyl (C=O) groups is 1. The van der Waals surface area contributed by atoms with Gasteiger partial charge in [-0.1, -0.05) is 12.1 Å². The molecule has 4 aliphatic rings. The second-order valence-electron chi connectivity index (χ2n) is 8.24. The molecular formula is C19H21F3NO3S-. The van der Waals surface area contributed by atoms with Crippen LogP contribution in [0.15, 0.2) is 24.3 Å². The smallest absolute Gasteiger partial charge is 0.460 e. The van der Waals surface area contributed by atoms with Gasteiger partial charge in [0.15, 0.2) is 0 Å². The van der Waals surface area contributed by atoms with Crippen LogP contribution in [0.2, 0.25) is 0 Å². The SMILES string of the molecule is O=C(OCc1cccc(N([O-])SC(F)(F)F)c1)C12CC3CC(CC(C3)C1)C2. The van der Waals surface area contributed by atoms with Crippen LogP contribution < -0.4 is 4.47 Å². The maximum Gasteiger partial charge on any atom is 0.460 e. The Morgan fingerprint density at radius 2 is 1.78 bits per heavy atom. The maximum absolute atomic E-state index is 12.8. The van der Waals surface area contributed by atoms with Crippen LogP contribution in [0, 0.1) is 28.4 Å². The van der Waals surface area contributed by atoms with E-state index in [9.17, 15) is 23.2 Å². The molecule has 0 spiro atoms. The number of esters is 1. The summed E-state index contributed by atoms with van der Waals surface area (Å²) < 4.78 is 42.5. The number of nitrogens with zero attached hydrogens (tertiary/aromatic N) is 1. The largest absolute Gasteiger partial charge is 0.748 e. The van der Waals surface area contributed by atoms with E-state index in [1.54, 1.807) is 6.07 Å². The van der Waals surface area contributed by atoms with Crippen molar-refractivity contribution in [3.8, 4) is 0 Å². The van der Waals surface area contributed by atoms with Crippen molar-refractivity contribution in [1.29, 1.82) is 0 Å². The number of hydrogen-bond donors (Lipinski definition) is 0. The second kappa shape index (κ2) is 6.88. The molecule has 4 fully saturated rings. The predicted octanol–water partition coefficient (Wildman–Crippen LogP) is 5.42. The summed E-state index contributed by atoms with van der Waals surface area (Å²) in [6.07, 6.45) is 6.37. The first kappa shape index (κ1) is 18.9. The zero-order valence-electron chi connectivity index (χ0n) is 14.7. The molecule has 0 aromatic heterocycles. The molecule has 148 valence electrons. The van der Waals surface area contributed by atoms with E-state index in [2.05, 4.69) is 0 Å². The van der Waals surface area contributed by atoms with Gasteiger partial charge in [0.2, 0.25) is 0 Å². The molecule has 0 aliphatic heterocycles. The van der Waals surface area contributed by atoms with Crippen molar-refractivity contribution in [1.82, 2.24) is 0 Å². The highest BCUT2D eigenvalue weighted by atomic mass is 32.2. The Bertz CT molecular complexity index is 689. The minimum atomic E-state index is -4.65. The van der Waals surface area contributed by atoms with E-state index in [1.165, 1.54) is 37.5 Å². The third-order valence-corrected chi connectivity index (χ3v) is 6.73. The molecule has 0 unspecified atom stereocenters. The van der Waals surface area contributed by atoms with Crippen LogP contribution in [0.4, 0.5) is 18.9 Å². The monoisotopic (exact) mass is 400 g/mol. The summed E-state index contributed by atoms with van der Waals surface area (Å²) in [5.74, 6) is 1.69. The highest BCUT2D eigenvalue weighted by Gasteiger charge is 2.55. The van der Waals surface area contributed by atoms with Crippen LogP contribution in [0.25, 0.3) is 0 Å². The summed E-state index contributed by atoms with van der Waals surface area (Å²) in [4.78, 5) is 12.8. The molecule has 5 rings (SSSR count). The summed E-state index contributed by atoms with van der Waals surface area (Å²) >= 11 is -0.748. The van der Waals surface area contributed by atoms with Gasteiger partial charge in [-0.3, -0.25) is 4.79 Å². The topological polar surface area (TPSA) is 52.6 Å². The zero-order valence-corrected chi connectivity index (χ0v) is 15.5. The van der Waals surface area contributed by atoms with E-state index < -0.39 is 17.5 Å². The molecule has 4 saturated carbocycles. The molecule has 0 heterocycles. The summed E-state index contributed by atoms with van der Waals surface area (Å²) in [6, 6.07) is 5.77. The van der Waals surface area contributed by atoms with Crippen molar-refractivity contribution < 1.29 is 22.7 Å². The van der Waals surface area contributed by atoms with Crippen LogP contribution in [-0.4, -0.2) is 11.5 Å². The third-order valence-electron chi connectivity index (χ3n) is 6.15. The van der Waals surface area contributed by atoms with Gasteiger partial charge in [0, 0.05) is 5.69 Å². The van der Waals surface area contributed by atoms with Gasteiger partial charge in [0.1, 0.15) is 6.61 Å². The molecular weight excluding hydrogens is 379 g/mol. The fourth-order valence-corrected chi connectivity index (χ4v) is 5.98. The highest BCUT2D eigenvalue weighted by molar-refractivity contribution is 8.01. The molecule has 0 saturated heterocycles. The lowest BCUT2D eigenvalue weighted by molar-refractivity contribution is -0.172. The molecule has 1 aromatic rings. The Hall–Kier alpha value is -1.41. The van der Waals surface area contributed by atoms with Crippen molar-refractivity contribution >= 4 is 23.6 Å². The number of carbonyl (C=O) groups excluding carboxylic acids is 1. The quantitative estimate of drug-likeness (QED) is 0.375. The maximum atomic E-state index is 12.8. The van der Waals surface area contributed by atoms with Crippen LogP contribution >= 0.6 is 11.9 Å². The van der Waals surface area contributed by atoms with Crippen molar-refractivity contribution in [2.45, 2.75) is 50.6 Å². The van der Waals surface area contributed by atoms with Gasteiger partial charge in [-0.05, 0) is 74.0 Å². The van der Waals surface area contributed by atoms with Crippen molar-refractivity contribution in [2.24, 2.45) is 23.2 Å². The van der Waals surface area contributed by atoms with E-state index in [1.807, 2.05) is 0 Å². The van der Waals surface area contributed by atoms with Gasteiger partial charge in [-0.2, -0.15) is 13.2 Å². The number of ether oxygens (including phenoxy) is 1. The van der Waals surface area contributed by atoms with E-state index in [4.69, 9.17) is 4.74 Å². The third kappa shape index (κ3) is 4.06. The second-order valence-corrected chi connectivity index (χ2v) is 9.22. The first-order valence-corrected chi connectivity index (χ1v) is 9.99. The first-order chi connectivity index (χ1) is 12.7. The Kier molecular flexibility index (Phi) is 4.83. The average Bonchev–Trinajstić information content (AvgIpc) is 2.57. The minimum Gasteiger partial charge on any atom is -0.748 e. The number of hydrogen-bond acceptors (Lipinski definition) is 5. The Morgan fingerprint density at radius 1 is 1.19 bits per heavy atom. The lowest BCUT2D eigenvalue weighted by atomic mass is 9.49. The predicted molar refractivity (Wildman–Crippen MR) is 96.3 cm³/mol. The molecule has 8 heteroatoms. The number of rotatable bonds is 5. The Balaban J connectivity index is 1.39. The van der Waals surface area contributed by atoms with E-state index in [0.717, 1.165) is 19.3 Å². The number of alkyl halides is 3. The van der Waals surface area contributed by atoms with E-state index in [0.29, 0.717) is 23.3 Å². The average molecular weight is 400 g/mol. The van der Waals surface area contributed by atoms with Crippen LogP contribution in [0.3, 0.4) is 0 Å². The van der Waals surface area contributed by atoms with Gasteiger partial charge < -0.3 is 14.4 Å². The van der Waals surface area contributed by atoms with Gasteiger partial charge in [0.05, 0.1) is 17.4 Å². The van der Waals surface area contributed by atoms with Gasteiger partial charge in [-0.25, -0.2) is 0 Å². The van der Waals surface area contributed by atoms with Crippen molar-refractivity contribution in [3.05, 3.63) is 35.0 Å². The van der Waals surface area contributed by atoms with Crippen LogP contribution in [0.5, 0.6) is 0 Å². The number of benzene rings is 1. The zero-order chi connectivity index (χ0) is 19.2. The lowest BCUT2D eigenvalue weighted by Crippen LogP contribution is -2.50. The van der Waals surface area contributed by atoms with Crippen molar-refractivity contribution in [2.75, 3.05) is 4.47 Å². The van der Waals surface area contributed by atoms with Gasteiger partial charge in [0.25, 0.3) is 0 Å². The van der Waals surface area contributed by atoms with Crippen LogP contribution in [-0.2, 0) is 16.1 Å². The normalized spacial score (nSPS) is 31.8. The molecule has 4 bridgehead atoms. The molecule has 4 nitrogen and oxygen atoms in total. The van der Waals surface area contributed by atoms with E-state index >= 15 is 0 Å². The highest BCUT2D eigenvalue weighted by Crippen LogP contribution is 2.60. The number of halogens is 3. The van der Waals surface area contributed by atoms with Gasteiger partial charge >= 0.3 is 11.5 Å². The fraction of sp³-hybridized carbons (Fsp3) is 0.632. The summed E-state index contributed by atoms with van der Waals surface area (Å²) in [5.41, 5.74) is -4.64. The summed E-state index contributed by atoms with van der Waals surface area (Å²) in [5, 5.41) is 11.6. The Labute approximate surface area is 160 Å². The fourth-order valence-electron chi connectivity index (χ4n) is 5.57.